The van der Waals surface area contributed by atoms with Gasteiger partial charge < -0.3 is 19.4 Å². The number of carbonyl (C=O) groups excluding carboxylic acids is 3. The fraction of sp³-hybridized carbons (Fsp3) is 0.800. The minimum absolute atomic E-state index is 0.0634. The van der Waals surface area contributed by atoms with Crippen LogP contribution in [0.3, 0.4) is 0 Å². The van der Waals surface area contributed by atoms with Gasteiger partial charge >= 0.3 is 0 Å². The van der Waals surface area contributed by atoms with Crippen molar-refractivity contribution in [1.29, 1.82) is 0 Å². The standard InChI is InChI=1S/C15H23N3O4/c19-11-16-3-5-17(6-4-16)15(21)12-9-14(20)18(10-12)13-1-7-22-8-2-13/h11-13H,1-10H2. The van der Waals surface area contributed by atoms with Crippen LogP contribution in [-0.4, -0.2) is 84.9 Å². The van der Waals surface area contributed by atoms with Crippen molar-refractivity contribution in [3.8, 4) is 0 Å². The zero-order valence-electron chi connectivity index (χ0n) is 12.8. The molecule has 0 bridgehead atoms. The maximum absolute atomic E-state index is 12.6. The lowest BCUT2D eigenvalue weighted by molar-refractivity contribution is -0.139. The first kappa shape index (κ1) is 15.3. The first-order valence-electron chi connectivity index (χ1n) is 8.04. The van der Waals surface area contributed by atoms with Crippen molar-refractivity contribution in [2.45, 2.75) is 25.3 Å². The van der Waals surface area contributed by atoms with E-state index in [1.807, 2.05) is 4.90 Å². The number of amides is 3. The molecule has 0 radical (unpaired) electrons. The Hall–Kier alpha value is -1.63. The van der Waals surface area contributed by atoms with Crippen LogP contribution in [0.4, 0.5) is 0 Å². The van der Waals surface area contributed by atoms with E-state index >= 15 is 0 Å². The first-order chi connectivity index (χ1) is 10.7. The minimum Gasteiger partial charge on any atom is -0.381 e. The molecule has 3 amide bonds. The third-order valence-corrected chi connectivity index (χ3v) is 4.91. The molecule has 0 aromatic rings. The fourth-order valence-corrected chi connectivity index (χ4v) is 3.55. The van der Waals surface area contributed by atoms with Crippen molar-refractivity contribution in [3.05, 3.63) is 0 Å². The summed E-state index contributed by atoms with van der Waals surface area (Å²) in [6.07, 6.45) is 2.88. The number of hydrogen-bond acceptors (Lipinski definition) is 4. The Kier molecular flexibility index (Phi) is 4.61. The summed E-state index contributed by atoms with van der Waals surface area (Å²) in [6, 6.07) is 0.228. The van der Waals surface area contributed by atoms with E-state index < -0.39 is 0 Å². The van der Waals surface area contributed by atoms with Crippen LogP contribution < -0.4 is 0 Å². The molecule has 0 saturated carbocycles. The van der Waals surface area contributed by atoms with E-state index in [9.17, 15) is 14.4 Å². The Bertz CT molecular complexity index is 442. The van der Waals surface area contributed by atoms with E-state index in [-0.39, 0.29) is 23.8 Å². The molecule has 122 valence electrons. The van der Waals surface area contributed by atoms with Crippen LogP contribution in [-0.2, 0) is 19.1 Å². The third-order valence-electron chi connectivity index (χ3n) is 4.91. The summed E-state index contributed by atoms with van der Waals surface area (Å²) in [6.45, 7) is 4.23. The number of rotatable bonds is 3. The number of hydrogen-bond donors (Lipinski definition) is 0. The lowest BCUT2D eigenvalue weighted by Gasteiger charge is -2.34. The average Bonchev–Trinajstić information content (AvgIpc) is 2.97. The molecule has 3 aliphatic heterocycles. The predicted molar refractivity (Wildman–Crippen MR) is 77.9 cm³/mol. The second-order valence-corrected chi connectivity index (χ2v) is 6.26. The van der Waals surface area contributed by atoms with Gasteiger partial charge in [-0.15, -0.1) is 0 Å². The highest BCUT2D eigenvalue weighted by molar-refractivity contribution is 5.89. The van der Waals surface area contributed by atoms with E-state index in [0.29, 0.717) is 52.4 Å². The molecule has 0 spiro atoms. The normalized spacial score (nSPS) is 27.4. The zero-order chi connectivity index (χ0) is 15.5. The number of nitrogens with zero attached hydrogens (tertiary/aromatic N) is 3. The van der Waals surface area contributed by atoms with Crippen LogP contribution in [0.15, 0.2) is 0 Å². The zero-order valence-corrected chi connectivity index (χ0v) is 12.8. The summed E-state index contributed by atoms with van der Waals surface area (Å²) >= 11 is 0. The molecule has 3 aliphatic rings. The molecule has 3 rings (SSSR count). The van der Waals surface area contributed by atoms with Crippen LogP contribution in [0, 0.1) is 5.92 Å². The minimum atomic E-state index is -0.224. The van der Waals surface area contributed by atoms with Crippen LogP contribution in [0.25, 0.3) is 0 Å². The van der Waals surface area contributed by atoms with Crippen molar-refractivity contribution >= 4 is 18.2 Å². The molecule has 1 unspecified atom stereocenters. The van der Waals surface area contributed by atoms with Crippen molar-refractivity contribution in [3.63, 3.8) is 0 Å². The molecule has 0 aromatic carbocycles. The second kappa shape index (κ2) is 6.64. The monoisotopic (exact) mass is 309 g/mol. The van der Waals surface area contributed by atoms with Crippen LogP contribution in [0.5, 0.6) is 0 Å². The molecule has 3 saturated heterocycles. The Labute approximate surface area is 130 Å². The van der Waals surface area contributed by atoms with E-state index in [1.165, 1.54) is 0 Å². The van der Waals surface area contributed by atoms with Gasteiger partial charge in [-0.05, 0) is 12.8 Å². The van der Waals surface area contributed by atoms with Gasteiger partial charge in [0.25, 0.3) is 0 Å². The molecule has 0 N–H and O–H groups in total. The van der Waals surface area contributed by atoms with Gasteiger partial charge in [0, 0.05) is 58.4 Å². The second-order valence-electron chi connectivity index (χ2n) is 6.26. The number of likely N-dealkylation sites (tertiary alicyclic amines) is 1. The quantitative estimate of drug-likeness (QED) is 0.647. The fourth-order valence-electron chi connectivity index (χ4n) is 3.55. The number of piperazine rings is 1. The van der Waals surface area contributed by atoms with Gasteiger partial charge in [-0.3, -0.25) is 14.4 Å². The number of carbonyl (C=O) groups is 3. The summed E-state index contributed by atoms with van der Waals surface area (Å²) < 4.78 is 5.34. The van der Waals surface area contributed by atoms with Gasteiger partial charge in [0.05, 0.1) is 5.92 Å². The first-order valence-corrected chi connectivity index (χ1v) is 8.04. The van der Waals surface area contributed by atoms with Gasteiger partial charge in [0.1, 0.15) is 0 Å². The van der Waals surface area contributed by atoms with Crippen molar-refractivity contribution in [2.75, 3.05) is 45.9 Å². The smallest absolute Gasteiger partial charge is 0.228 e. The summed E-state index contributed by atoms with van der Waals surface area (Å²) in [5, 5.41) is 0. The van der Waals surface area contributed by atoms with Crippen molar-refractivity contribution in [2.24, 2.45) is 5.92 Å². The lowest BCUT2D eigenvalue weighted by Crippen LogP contribution is -2.50. The Morgan fingerprint density at radius 2 is 1.82 bits per heavy atom. The molecule has 0 aliphatic carbocycles. The maximum Gasteiger partial charge on any atom is 0.228 e. The Balaban J connectivity index is 1.55. The maximum atomic E-state index is 12.6. The summed E-state index contributed by atoms with van der Waals surface area (Å²) in [7, 11) is 0. The van der Waals surface area contributed by atoms with E-state index in [2.05, 4.69) is 0 Å². The molecule has 7 heteroatoms. The van der Waals surface area contributed by atoms with Gasteiger partial charge in [0.15, 0.2) is 0 Å². The van der Waals surface area contributed by atoms with Gasteiger partial charge in [0.2, 0.25) is 18.2 Å². The Morgan fingerprint density at radius 3 is 2.45 bits per heavy atom. The molecular weight excluding hydrogens is 286 g/mol. The van der Waals surface area contributed by atoms with Gasteiger partial charge in [-0.1, -0.05) is 0 Å². The van der Waals surface area contributed by atoms with Crippen LogP contribution >= 0.6 is 0 Å². The lowest BCUT2D eigenvalue weighted by atomic mass is 10.1. The van der Waals surface area contributed by atoms with Gasteiger partial charge in [-0.2, -0.15) is 0 Å². The topological polar surface area (TPSA) is 70.2 Å². The predicted octanol–water partition coefficient (Wildman–Crippen LogP) is -0.685. The molecular formula is C15H23N3O4. The molecule has 1 atom stereocenters. The molecule has 3 fully saturated rings. The number of ether oxygens (including phenoxy) is 1. The van der Waals surface area contributed by atoms with E-state index in [0.717, 1.165) is 19.3 Å². The van der Waals surface area contributed by atoms with E-state index in [1.54, 1.807) is 9.80 Å². The molecule has 22 heavy (non-hydrogen) atoms. The highest BCUT2D eigenvalue weighted by Crippen LogP contribution is 2.26. The molecule has 3 heterocycles. The Morgan fingerprint density at radius 1 is 1.14 bits per heavy atom. The van der Waals surface area contributed by atoms with Crippen molar-refractivity contribution < 1.29 is 19.1 Å². The van der Waals surface area contributed by atoms with Crippen LogP contribution in [0.2, 0.25) is 0 Å². The summed E-state index contributed by atoms with van der Waals surface area (Å²) in [4.78, 5) is 40.9. The van der Waals surface area contributed by atoms with Crippen LogP contribution in [0.1, 0.15) is 19.3 Å². The highest BCUT2D eigenvalue weighted by atomic mass is 16.5. The molecule has 0 aromatic heterocycles. The average molecular weight is 309 g/mol. The molecule has 7 nitrogen and oxygen atoms in total. The largest absolute Gasteiger partial charge is 0.381 e. The summed E-state index contributed by atoms with van der Waals surface area (Å²) in [5.41, 5.74) is 0. The SMILES string of the molecule is O=CN1CCN(C(=O)C2CC(=O)N(C3CCOCC3)C2)CC1. The van der Waals surface area contributed by atoms with Gasteiger partial charge in [-0.25, -0.2) is 0 Å². The van der Waals surface area contributed by atoms with E-state index in [4.69, 9.17) is 4.74 Å². The third kappa shape index (κ3) is 3.09. The highest BCUT2D eigenvalue weighted by Gasteiger charge is 2.40. The summed E-state index contributed by atoms with van der Waals surface area (Å²) in [5.74, 6) is -0.0663. The van der Waals surface area contributed by atoms with Crippen molar-refractivity contribution in [1.82, 2.24) is 14.7 Å².